The van der Waals surface area contributed by atoms with E-state index in [1.807, 2.05) is 18.2 Å². The minimum absolute atomic E-state index is 0.247. The molecule has 2 rings (SSSR count). The highest BCUT2D eigenvalue weighted by molar-refractivity contribution is 5.28. The van der Waals surface area contributed by atoms with Crippen LogP contribution in [0, 0.1) is 0 Å². The van der Waals surface area contributed by atoms with Gasteiger partial charge in [-0.15, -0.1) is 0 Å². The van der Waals surface area contributed by atoms with Crippen LogP contribution >= 0.6 is 0 Å². The average molecular weight is 250 g/mol. The Kier molecular flexibility index (Phi) is 4.92. The number of aromatic nitrogens is 1. The molecule has 0 bridgehead atoms. The Morgan fingerprint density at radius 2 is 1.94 bits per heavy atom. The van der Waals surface area contributed by atoms with Crippen LogP contribution in [0.5, 0.6) is 0 Å². The van der Waals surface area contributed by atoms with Gasteiger partial charge in [0.1, 0.15) is 5.82 Å². The Balaban J connectivity index is 1.87. The van der Waals surface area contributed by atoms with E-state index in [1.165, 1.54) is 0 Å². The van der Waals surface area contributed by atoms with Crippen molar-refractivity contribution in [2.45, 2.75) is 13.0 Å². The predicted molar refractivity (Wildman–Crippen MR) is 72.1 cm³/mol. The van der Waals surface area contributed by atoms with Gasteiger partial charge < -0.3 is 10.8 Å². The standard InChI is InChI=1S/C13H22N4O/c14-13-4-1-3-12(15-13)11-17-6-2-5-16(7-8-17)9-10-18/h1,3-4,18H,2,5-11H2,(H2,14,15). The molecule has 3 N–H and O–H groups in total. The molecule has 18 heavy (non-hydrogen) atoms. The minimum atomic E-state index is 0.247. The molecule has 0 atom stereocenters. The summed E-state index contributed by atoms with van der Waals surface area (Å²) in [6.45, 7) is 6.08. The van der Waals surface area contributed by atoms with Crippen LogP contribution in [0.25, 0.3) is 0 Å². The van der Waals surface area contributed by atoms with Crippen LogP contribution in [-0.4, -0.2) is 59.2 Å². The number of β-amino-alcohol motifs (C(OH)–C–C–N with tert-alkyl or cyclic N) is 1. The topological polar surface area (TPSA) is 65.6 Å². The fraction of sp³-hybridized carbons (Fsp3) is 0.615. The molecule has 5 nitrogen and oxygen atoms in total. The highest BCUT2D eigenvalue weighted by Crippen LogP contribution is 2.08. The maximum Gasteiger partial charge on any atom is 0.123 e. The summed E-state index contributed by atoms with van der Waals surface area (Å²) in [5.74, 6) is 0.587. The normalized spacial score (nSPS) is 18.7. The molecule has 1 aromatic rings. The first-order chi connectivity index (χ1) is 8.78. The number of aliphatic hydroxyl groups excluding tert-OH is 1. The van der Waals surface area contributed by atoms with Gasteiger partial charge in [0.15, 0.2) is 0 Å². The highest BCUT2D eigenvalue weighted by atomic mass is 16.3. The Hall–Kier alpha value is -1.17. The van der Waals surface area contributed by atoms with E-state index < -0.39 is 0 Å². The summed E-state index contributed by atoms with van der Waals surface area (Å²) < 4.78 is 0. The van der Waals surface area contributed by atoms with Crippen molar-refractivity contribution in [2.75, 3.05) is 45.1 Å². The molecular formula is C13H22N4O. The average Bonchev–Trinajstić information content (AvgIpc) is 2.56. The maximum absolute atomic E-state index is 8.96. The van der Waals surface area contributed by atoms with E-state index >= 15 is 0 Å². The summed E-state index contributed by atoms with van der Waals surface area (Å²) in [5, 5.41) is 8.96. The molecule has 0 spiro atoms. The van der Waals surface area contributed by atoms with Gasteiger partial charge in [0.05, 0.1) is 12.3 Å². The van der Waals surface area contributed by atoms with Gasteiger partial charge in [0.25, 0.3) is 0 Å². The van der Waals surface area contributed by atoms with Gasteiger partial charge in [0.2, 0.25) is 0 Å². The zero-order chi connectivity index (χ0) is 12.8. The fourth-order valence-corrected chi connectivity index (χ4v) is 2.36. The van der Waals surface area contributed by atoms with Crippen LogP contribution in [0.4, 0.5) is 5.82 Å². The van der Waals surface area contributed by atoms with Gasteiger partial charge in [-0.2, -0.15) is 0 Å². The van der Waals surface area contributed by atoms with Gasteiger partial charge in [-0.3, -0.25) is 9.80 Å². The van der Waals surface area contributed by atoms with Crippen LogP contribution in [0.3, 0.4) is 0 Å². The van der Waals surface area contributed by atoms with Crippen LogP contribution < -0.4 is 5.73 Å². The second-order valence-corrected chi connectivity index (χ2v) is 4.75. The number of nitrogens with two attached hydrogens (primary N) is 1. The molecule has 1 saturated heterocycles. The minimum Gasteiger partial charge on any atom is -0.395 e. The van der Waals surface area contributed by atoms with E-state index in [1.54, 1.807) is 0 Å². The molecule has 0 amide bonds. The third-order valence-electron chi connectivity index (χ3n) is 3.31. The number of nitrogens with zero attached hydrogens (tertiary/aromatic N) is 3. The third-order valence-corrected chi connectivity index (χ3v) is 3.31. The highest BCUT2D eigenvalue weighted by Gasteiger charge is 2.14. The maximum atomic E-state index is 8.96. The number of rotatable bonds is 4. The summed E-state index contributed by atoms with van der Waals surface area (Å²) in [4.78, 5) is 9.05. The first kappa shape index (κ1) is 13.3. The fourth-order valence-electron chi connectivity index (χ4n) is 2.36. The van der Waals surface area contributed by atoms with Crippen molar-refractivity contribution in [3.63, 3.8) is 0 Å². The van der Waals surface area contributed by atoms with Gasteiger partial charge in [0, 0.05) is 26.2 Å². The summed E-state index contributed by atoms with van der Waals surface area (Å²) in [6, 6.07) is 5.79. The molecule has 1 aliphatic rings. The molecule has 1 aliphatic heterocycles. The first-order valence-corrected chi connectivity index (χ1v) is 6.55. The summed E-state index contributed by atoms with van der Waals surface area (Å²) in [5.41, 5.74) is 6.72. The van der Waals surface area contributed by atoms with Crippen LogP contribution in [0.1, 0.15) is 12.1 Å². The molecule has 0 aromatic carbocycles. The Morgan fingerprint density at radius 3 is 2.72 bits per heavy atom. The van der Waals surface area contributed by atoms with Crippen molar-refractivity contribution >= 4 is 5.82 Å². The zero-order valence-electron chi connectivity index (χ0n) is 10.8. The molecule has 0 radical (unpaired) electrons. The Labute approximate surface area is 108 Å². The lowest BCUT2D eigenvalue weighted by molar-refractivity contribution is 0.195. The lowest BCUT2D eigenvalue weighted by atomic mass is 10.3. The zero-order valence-corrected chi connectivity index (χ0v) is 10.8. The number of aliphatic hydroxyl groups is 1. The van der Waals surface area contributed by atoms with E-state index in [9.17, 15) is 0 Å². The van der Waals surface area contributed by atoms with Gasteiger partial charge in [-0.25, -0.2) is 4.98 Å². The van der Waals surface area contributed by atoms with Gasteiger partial charge in [-0.05, 0) is 31.6 Å². The van der Waals surface area contributed by atoms with E-state index in [0.29, 0.717) is 5.82 Å². The van der Waals surface area contributed by atoms with Crippen molar-refractivity contribution in [1.82, 2.24) is 14.8 Å². The molecular weight excluding hydrogens is 228 g/mol. The number of nitrogen functional groups attached to an aromatic ring is 1. The van der Waals surface area contributed by atoms with E-state index in [-0.39, 0.29) is 6.61 Å². The third kappa shape index (κ3) is 3.94. The van der Waals surface area contributed by atoms with Crippen molar-refractivity contribution in [2.24, 2.45) is 0 Å². The quantitative estimate of drug-likeness (QED) is 0.797. The summed E-state index contributed by atoms with van der Waals surface area (Å²) >= 11 is 0. The number of pyridine rings is 1. The van der Waals surface area contributed by atoms with Crippen LogP contribution in [-0.2, 0) is 6.54 Å². The van der Waals surface area contributed by atoms with E-state index in [0.717, 1.165) is 51.4 Å². The molecule has 0 unspecified atom stereocenters. The Bertz CT molecular complexity index is 372. The van der Waals surface area contributed by atoms with Gasteiger partial charge >= 0.3 is 0 Å². The predicted octanol–water partition coefficient (Wildman–Crippen LogP) is 0.164. The monoisotopic (exact) mass is 250 g/mol. The van der Waals surface area contributed by atoms with Crippen LogP contribution in [0.2, 0.25) is 0 Å². The van der Waals surface area contributed by atoms with E-state index in [2.05, 4.69) is 14.8 Å². The molecule has 2 heterocycles. The summed E-state index contributed by atoms with van der Waals surface area (Å²) in [7, 11) is 0. The number of hydrogen-bond donors (Lipinski definition) is 2. The van der Waals surface area contributed by atoms with Crippen molar-refractivity contribution in [3.8, 4) is 0 Å². The van der Waals surface area contributed by atoms with Gasteiger partial charge in [-0.1, -0.05) is 6.07 Å². The van der Waals surface area contributed by atoms with Crippen molar-refractivity contribution in [3.05, 3.63) is 23.9 Å². The van der Waals surface area contributed by atoms with Crippen molar-refractivity contribution < 1.29 is 5.11 Å². The van der Waals surface area contributed by atoms with Crippen LogP contribution in [0.15, 0.2) is 18.2 Å². The van der Waals surface area contributed by atoms with E-state index in [4.69, 9.17) is 10.8 Å². The van der Waals surface area contributed by atoms with Crippen molar-refractivity contribution in [1.29, 1.82) is 0 Å². The largest absolute Gasteiger partial charge is 0.395 e. The number of hydrogen-bond acceptors (Lipinski definition) is 5. The molecule has 5 heteroatoms. The molecule has 1 fully saturated rings. The first-order valence-electron chi connectivity index (χ1n) is 6.55. The number of anilines is 1. The molecule has 100 valence electrons. The second-order valence-electron chi connectivity index (χ2n) is 4.75. The summed E-state index contributed by atoms with van der Waals surface area (Å²) in [6.07, 6.45) is 1.14. The molecule has 0 saturated carbocycles. The molecule has 1 aromatic heterocycles. The Morgan fingerprint density at radius 1 is 1.17 bits per heavy atom. The second kappa shape index (κ2) is 6.68. The lowest BCUT2D eigenvalue weighted by Gasteiger charge is -2.20. The molecule has 0 aliphatic carbocycles. The smallest absolute Gasteiger partial charge is 0.123 e. The lowest BCUT2D eigenvalue weighted by Crippen LogP contribution is -2.32. The SMILES string of the molecule is Nc1cccc(CN2CCCN(CCO)CC2)n1.